The number of nitrogens with zero attached hydrogens (tertiary/aromatic N) is 4. The number of aromatic nitrogens is 3. The van der Waals surface area contributed by atoms with E-state index in [-0.39, 0.29) is 0 Å². The van der Waals surface area contributed by atoms with Gasteiger partial charge in [0.15, 0.2) is 0 Å². The molecule has 0 spiro atoms. The van der Waals surface area contributed by atoms with Gasteiger partial charge in [0.05, 0.1) is 11.6 Å². The third kappa shape index (κ3) is 2.52. The number of rotatable bonds is 3. The predicted octanol–water partition coefficient (Wildman–Crippen LogP) is 3.48. The number of anilines is 1. The molecule has 0 amide bonds. The zero-order chi connectivity index (χ0) is 16.7. The van der Waals surface area contributed by atoms with Crippen LogP contribution in [-0.2, 0) is 7.05 Å². The van der Waals surface area contributed by atoms with Crippen molar-refractivity contribution in [3.05, 3.63) is 54.0 Å². The summed E-state index contributed by atoms with van der Waals surface area (Å²) in [4.78, 5) is 8.92. The van der Waals surface area contributed by atoms with Gasteiger partial charge >= 0.3 is 0 Å². The Hall–Kier alpha value is -3.13. The standard InChI is InChI=1S/C19H17N5/c1-24-7-6-22-19(24)16-8-12(11-20)2-5-15(16)14-9-17(13-3-4-13)23-18(21)10-14/h2,5-10,13H,3-4H2,1H3,(H2,21,23). The molecule has 3 aromatic rings. The van der Waals surface area contributed by atoms with Crippen molar-refractivity contribution in [1.82, 2.24) is 14.5 Å². The minimum atomic E-state index is 0.530. The number of nitriles is 1. The van der Waals surface area contributed by atoms with Crippen LogP contribution in [0.1, 0.15) is 30.0 Å². The SMILES string of the molecule is Cn1ccnc1-c1cc(C#N)ccc1-c1cc(N)nc(C2CC2)c1. The Balaban J connectivity index is 1.92. The molecule has 0 unspecified atom stereocenters. The molecular weight excluding hydrogens is 298 g/mol. The molecule has 118 valence electrons. The summed E-state index contributed by atoms with van der Waals surface area (Å²) in [6.45, 7) is 0. The summed E-state index contributed by atoms with van der Waals surface area (Å²) in [5.41, 5.74) is 10.7. The summed E-state index contributed by atoms with van der Waals surface area (Å²) >= 11 is 0. The predicted molar refractivity (Wildman–Crippen MR) is 93.0 cm³/mol. The average Bonchev–Trinajstić information content (AvgIpc) is 3.35. The Labute approximate surface area is 140 Å². The summed E-state index contributed by atoms with van der Waals surface area (Å²) < 4.78 is 1.95. The summed E-state index contributed by atoms with van der Waals surface area (Å²) in [5.74, 6) is 1.89. The molecule has 1 aliphatic rings. The Morgan fingerprint density at radius 3 is 2.71 bits per heavy atom. The molecule has 5 heteroatoms. The first-order chi connectivity index (χ1) is 11.7. The van der Waals surface area contributed by atoms with Gasteiger partial charge in [-0.05, 0) is 48.2 Å². The lowest BCUT2D eigenvalue weighted by atomic mass is 9.96. The van der Waals surface area contributed by atoms with E-state index in [4.69, 9.17) is 5.73 Å². The summed E-state index contributed by atoms with van der Waals surface area (Å²) in [6, 6.07) is 11.9. The van der Waals surface area contributed by atoms with Gasteiger partial charge in [-0.25, -0.2) is 9.97 Å². The highest BCUT2D eigenvalue weighted by Crippen LogP contribution is 2.41. The Kier molecular flexibility index (Phi) is 3.31. The van der Waals surface area contributed by atoms with Crippen molar-refractivity contribution < 1.29 is 0 Å². The van der Waals surface area contributed by atoms with E-state index >= 15 is 0 Å². The summed E-state index contributed by atoms with van der Waals surface area (Å²) in [7, 11) is 1.95. The smallest absolute Gasteiger partial charge is 0.140 e. The van der Waals surface area contributed by atoms with Crippen LogP contribution < -0.4 is 5.73 Å². The lowest BCUT2D eigenvalue weighted by Gasteiger charge is -2.12. The number of imidazole rings is 1. The molecule has 1 aromatic carbocycles. The molecule has 1 aliphatic carbocycles. The molecule has 0 aliphatic heterocycles. The van der Waals surface area contributed by atoms with Crippen molar-refractivity contribution in [1.29, 1.82) is 5.26 Å². The van der Waals surface area contributed by atoms with Crippen LogP contribution in [0.15, 0.2) is 42.7 Å². The van der Waals surface area contributed by atoms with Gasteiger partial charge in [-0.15, -0.1) is 0 Å². The molecular formula is C19H17N5. The maximum absolute atomic E-state index is 9.25. The topological polar surface area (TPSA) is 80.5 Å². The van der Waals surface area contributed by atoms with Crippen LogP contribution in [0.3, 0.4) is 0 Å². The molecule has 0 radical (unpaired) electrons. The Bertz CT molecular complexity index is 960. The number of nitrogens with two attached hydrogens (primary N) is 1. The van der Waals surface area contributed by atoms with Gasteiger partial charge in [0, 0.05) is 36.6 Å². The summed E-state index contributed by atoms with van der Waals surface area (Å²) in [6.07, 6.45) is 6.01. The largest absolute Gasteiger partial charge is 0.384 e. The highest BCUT2D eigenvalue weighted by atomic mass is 15.0. The van der Waals surface area contributed by atoms with Crippen molar-refractivity contribution in [2.45, 2.75) is 18.8 Å². The first-order valence-corrected chi connectivity index (χ1v) is 7.95. The Morgan fingerprint density at radius 2 is 2.04 bits per heavy atom. The molecule has 0 saturated heterocycles. The van der Waals surface area contributed by atoms with Crippen molar-refractivity contribution >= 4 is 5.82 Å². The molecule has 1 fully saturated rings. The lowest BCUT2D eigenvalue weighted by molar-refractivity contribution is 0.925. The molecule has 2 heterocycles. The monoisotopic (exact) mass is 315 g/mol. The second-order valence-electron chi connectivity index (χ2n) is 6.21. The molecule has 2 aromatic heterocycles. The minimum Gasteiger partial charge on any atom is -0.384 e. The molecule has 2 N–H and O–H groups in total. The number of pyridine rings is 1. The Morgan fingerprint density at radius 1 is 1.21 bits per heavy atom. The van der Waals surface area contributed by atoms with Crippen LogP contribution >= 0.6 is 0 Å². The zero-order valence-electron chi connectivity index (χ0n) is 13.4. The maximum atomic E-state index is 9.25. The van der Waals surface area contributed by atoms with Crippen LogP contribution in [0, 0.1) is 11.3 Å². The van der Waals surface area contributed by atoms with Crippen molar-refractivity contribution in [3.8, 4) is 28.6 Å². The fraction of sp³-hybridized carbons (Fsp3) is 0.211. The van der Waals surface area contributed by atoms with E-state index in [1.54, 1.807) is 6.20 Å². The zero-order valence-corrected chi connectivity index (χ0v) is 13.4. The third-order valence-electron chi connectivity index (χ3n) is 4.38. The maximum Gasteiger partial charge on any atom is 0.140 e. The number of benzene rings is 1. The van der Waals surface area contributed by atoms with Gasteiger partial charge < -0.3 is 10.3 Å². The molecule has 1 saturated carbocycles. The van der Waals surface area contributed by atoms with E-state index in [1.807, 2.05) is 42.1 Å². The highest BCUT2D eigenvalue weighted by Gasteiger charge is 2.26. The fourth-order valence-electron chi connectivity index (χ4n) is 2.99. The first kappa shape index (κ1) is 14.5. The van der Waals surface area contributed by atoms with Gasteiger partial charge in [-0.2, -0.15) is 5.26 Å². The van der Waals surface area contributed by atoms with Crippen LogP contribution in [0.25, 0.3) is 22.5 Å². The van der Waals surface area contributed by atoms with Crippen LogP contribution in [0.2, 0.25) is 0 Å². The second kappa shape index (κ2) is 5.50. The number of nitrogen functional groups attached to an aromatic ring is 1. The molecule has 0 bridgehead atoms. The number of aryl methyl sites for hydroxylation is 1. The molecule has 0 atom stereocenters. The van der Waals surface area contributed by atoms with Crippen molar-refractivity contribution in [2.75, 3.05) is 5.73 Å². The lowest BCUT2D eigenvalue weighted by Crippen LogP contribution is -1.98. The summed E-state index contributed by atoms with van der Waals surface area (Å²) in [5, 5.41) is 9.25. The molecule has 5 nitrogen and oxygen atoms in total. The van der Waals surface area contributed by atoms with E-state index in [2.05, 4.69) is 22.1 Å². The van der Waals surface area contributed by atoms with E-state index in [1.165, 1.54) is 12.8 Å². The minimum absolute atomic E-state index is 0.530. The number of hydrogen-bond donors (Lipinski definition) is 1. The molecule has 4 rings (SSSR count). The van der Waals surface area contributed by atoms with E-state index in [9.17, 15) is 5.26 Å². The quantitative estimate of drug-likeness (QED) is 0.802. The highest BCUT2D eigenvalue weighted by molar-refractivity contribution is 5.83. The number of hydrogen-bond acceptors (Lipinski definition) is 4. The van der Waals surface area contributed by atoms with E-state index in [0.717, 1.165) is 28.2 Å². The van der Waals surface area contributed by atoms with Gasteiger partial charge in [0.2, 0.25) is 0 Å². The van der Waals surface area contributed by atoms with Gasteiger partial charge in [0.25, 0.3) is 0 Å². The van der Waals surface area contributed by atoms with E-state index in [0.29, 0.717) is 17.3 Å². The fourth-order valence-corrected chi connectivity index (χ4v) is 2.99. The van der Waals surface area contributed by atoms with Crippen molar-refractivity contribution in [2.24, 2.45) is 7.05 Å². The molecule has 24 heavy (non-hydrogen) atoms. The van der Waals surface area contributed by atoms with Gasteiger partial charge in [-0.1, -0.05) is 6.07 Å². The van der Waals surface area contributed by atoms with E-state index < -0.39 is 0 Å². The van der Waals surface area contributed by atoms with Crippen LogP contribution in [0.5, 0.6) is 0 Å². The first-order valence-electron chi connectivity index (χ1n) is 7.95. The normalized spacial score (nSPS) is 13.7. The van der Waals surface area contributed by atoms with Crippen LogP contribution in [0.4, 0.5) is 5.82 Å². The van der Waals surface area contributed by atoms with Gasteiger partial charge in [0.1, 0.15) is 11.6 Å². The third-order valence-corrected chi connectivity index (χ3v) is 4.38. The second-order valence-corrected chi connectivity index (χ2v) is 6.21. The van der Waals surface area contributed by atoms with Crippen molar-refractivity contribution in [3.63, 3.8) is 0 Å². The van der Waals surface area contributed by atoms with Crippen LogP contribution in [-0.4, -0.2) is 14.5 Å². The average molecular weight is 315 g/mol. The van der Waals surface area contributed by atoms with Gasteiger partial charge in [-0.3, -0.25) is 0 Å².